The van der Waals surface area contributed by atoms with E-state index in [-0.39, 0.29) is 5.56 Å². The Morgan fingerprint density at radius 1 is 1.00 bits per heavy atom. The third-order valence-corrected chi connectivity index (χ3v) is 3.22. The van der Waals surface area contributed by atoms with Crippen LogP contribution in [0.3, 0.4) is 0 Å². The van der Waals surface area contributed by atoms with Crippen LogP contribution in [0.5, 0.6) is 0 Å². The number of hydrogen-bond donors (Lipinski definition) is 0. The van der Waals surface area contributed by atoms with E-state index in [0.29, 0.717) is 0 Å². The zero-order chi connectivity index (χ0) is 11.0. The van der Waals surface area contributed by atoms with Crippen molar-refractivity contribution in [3.8, 4) is 5.69 Å². The minimum absolute atomic E-state index is 0.00338. The molecule has 2 heterocycles. The van der Waals surface area contributed by atoms with Crippen molar-refractivity contribution in [1.29, 1.82) is 0 Å². The van der Waals surface area contributed by atoms with Gasteiger partial charge in [0.1, 0.15) is 0 Å². The van der Waals surface area contributed by atoms with Crippen LogP contribution in [0.2, 0.25) is 0 Å². The Balaban J connectivity index is 2.00. The Labute approximate surface area is 97.5 Å². The van der Waals surface area contributed by atoms with Crippen molar-refractivity contribution in [3.05, 3.63) is 59.0 Å². The second kappa shape index (κ2) is 3.72. The molecule has 2 aromatic rings. The number of anilines is 1. The summed E-state index contributed by atoms with van der Waals surface area (Å²) in [5.74, 6) is 1.06. The van der Waals surface area contributed by atoms with E-state index >= 15 is 0 Å². The fraction of sp³-hybridized carbons (Fsp3) is 0.0833. The van der Waals surface area contributed by atoms with E-state index in [1.165, 1.54) is 5.69 Å². The van der Waals surface area contributed by atoms with Crippen molar-refractivity contribution in [1.82, 2.24) is 4.57 Å². The number of hydrogen-bond acceptors (Lipinski definition) is 3. The zero-order valence-corrected chi connectivity index (χ0v) is 9.35. The zero-order valence-electron chi connectivity index (χ0n) is 8.54. The van der Waals surface area contributed by atoms with Gasteiger partial charge in [-0.05, 0) is 42.3 Å². The van der Waals surface area contributed by atoms with Crippen LogP contribution < -0.4 is 9.86 Å². The van der Waals surface area contributed by atoms with E-state index in [1.54, 1.807) is 34.8 Å². The molecule has 0 unspecified atom stereocenters. The van der Waals surface area contributed by atoms with Crippen LogP contribution in [0.25, 0.3) is 5.69 Å². The van der Waals surface area contributed by atoms with Gasteiger partial charge in [-0.1, -0.05) is 6.07 Å². The second-order valence-corrected chi connectivity index (χ2v) is 4.52. The summed E-state index contributed by atoms with van der Waals surface area (Å²) in [6.07, 6.45) is 1.78. The van der Waals surface area contributed by atoms with E-state index < -0.39 is 0 Å². The number of nitrogens with zero attached hydrogens (tertiary/aromatic N) is 2. The molecule has 4 heteroatoms. The molecule has 3 rings (SSSR count). The van der Waals surface area contributed by atoms with Crippen molar-refractivity contribution in [3.63, 3.8) is 0 Å². The average Bonchev–Trinajstić information content (AvgIpc) is 3.14. The lowest BCUT2D eigenvalue weighted by Crippen LogP contribution is -2.15. The standard InChI is InChI=1S/C12H10N2OS/c15-12-3-1-2-8-13(12)10-4-6-11(7-5-10)14-9-16-14/h1-8H,9H2. The molecule has 0 radical (unpaired) electrons. The summed E-state index contributed by atoms with van der Waals surface area (Å²) in [6.45, 7) is 0. The molecule has 0 amide bonds. The molecule has 0 N–H and O–H groups in total. The van der Waals surface area contributed by atoms with Crippen molar-refractivity contribution in [2.45, 2.75) is 0 Å². The first-order valence-corrected chi connectivity index (χ1v) is 5.97. The van der Waals surface area contributed by atoms with Crippen LogP contribution >= 0.6 is 11.9 Å². The Morgan fingerprint density at radius 2 is 1.69 bits per heavy atom. The van der Waals surface area contributed by atoms with Crippen LogP contribution in [-0.4, -0.2) is 10.4 Å². The average molecular weight is 230 g/mol. The van der Waals surface area contributed by atoms with Gasteiger partial charge < -0.3 is 4.31 Å². The molecule has 1 fully saturated rings. The van der Waals surface area contributed by atoms with Gasteiger partial charge in [-0.3, -0.25) is 9.36 Å². The third kappa shape index (κ3) is 1.72. The Bertz CT molecular complexity index is 558. The molecular weight excluding hydrogens is 220 g/mol. The molecule has 1 aliphatic rings. The summed E-state index contributed by atoms with van der Waals surface area (Å²) in [5, 5.41) is 0. The number of aromatic nitrogens is 1. The molecule has 1 aromatic carbocycles. The highest BCUT2D eigenvalue weighted by Gasteiger charge is 2.19. The van der Waals surface area contributed by atoms with Gasteiger partial charge in [0, 0.05) is 23.6 Å². The number of benzene rings is 1. The Hall–Kier alpha value is -1.68. The minimum atomic E-state index is -0.00338. The van der Waals surface area contributed by atoms with Crippen LogP contribution in [0.15, 0.2) is 53.5 Å². The van der Waals surface area contributed by atoms with Gasteiger partial charge in [0.25, 0.3) is 5.56 Å². The minimum Gasteiger partial charge on any atom is -0.303 e. The monoisotopic (exact) mass is 230 g/mol. The van der Waals surface area contributed by atoms with Gasteiger partial charge in [0.15, 0.2) is 0 Å². The van der Waals surface area contributed by atoms with Gasteiger partial charge in [0.05, 0.1) is 5.88 Å². The lowest BCUT2D eigenvalue weighted by Gasteiger charge is -2.06. The van der Waals surface area contributed by atoms with E-state index in [4.69, 9.17) is 0 Å². The molecular formula is C12H10N2OS. The molecule has 80 valence electrons. The number of pyridine rings is 1. The van der Waals surface area contributed by atoms with Crippen molar-refractivity contribution in [2.24, 2.45) is 0 Å². The third-order valence-electron chi connectivity index (χ3n) is 2.50. The predicted molar refractivity (Wildman–Crippen MR) is 67.0 cm³/mol. The van der Waals surface area contributed by atoms with Gasteiger partial charge in [-0.15, -0.1) is 0 Å². The Morgan fingerprint density at radius 3 is 2.31 bits per heavy atom. The van der Waals surface area contributed by atoms with Crippen molar-refractivity contribution >= 4 is 17.6 Å². The van der Waals surface area contributed by atoms with Crippen molar-refractivity contribution in [2.75, 3.05) is 10.2 Å². The van der Waals surface area contributed by atoms with Gasteiger partial charge >= 0.3 is 0 Å². The lowest BCUT2D eigenvalue weighted by atomic mass is 10.2. The van der Waals surface area contributed by atoms with Crippen LogP contribution in [-0.2, 0) is 0 Å². The normalized spacial score (nSPS) is 13.9. The topological polar surface area (TPSA) is 25.0 Å². The molecule has 1 aliphatic heterocycles. The molecule has 0 aliphatic carbocycles. The fourth-order valence-corrected chi connectivity index (χ4v) is 2.08. The lowest BCUT2D eigenvalue weighted by molar-refractivity contribution is 0.990. The first-order chi connectivity index (χ1) is 7.84. The van der Waals surface area contributed by atoms with Crippen LogP contribution in [0.1, 0.15) is 0 Å². The molecule has 0 atom stereocenters. The quantitative estimate of drug-likeness (QED) is 0.584. The van der Waals surface area contributed by atoms with E-state index in [0.717, 1.165) is 11.6 Å². The highest BCUT2D eigenvalue weighted by atomic mass is 32.2. The fourth-order valence-electron chi connectivity index (χ4n) is 1.60. The molecule has 0 saturated carbocycles. The maximum absolute atomic E-state index is 11.6. The van der Waals surface area contributed by atoms with Gasteiger partial charge in [-0.25, -0.2) is 0 Å². The molecule has 3 nitrogen and oxygen atoms in total. The first-order valence-electron chi connectivity index (χ1n) is 5.03. The highest BCUT2D eigenvalue weighted by molar-refractivity contribution is 8.07. The number of rotatable bonds is 2. The summed E-state index contributed by atoms with van der Waals surface area (Å²) in [6, 6.07) is 13.2. The summed E-state index contributed by atoms with van der Waals surface area (Å²) in [4.78, 5) is 11.6. The summed E-state index contributed by atoms with van der Waals surface area (Å²) >= 11 is 1.79. The largest absolute Gasteiger partial charge is 0.303 e. The maximum Gasteiger partial charge on any atom is 0.255 e. The first kappa shape index (κ1) is 9.54. The SMILES string of the molecule is O=c1ccccn1-c1ccc(N2CS2)cc1. The van der Waals surface area contributed by atoms with Crippen molar-refractivity contribution < 1.29 is 0 Å². The second-order valence-electron chi connectivity index (χ2n) is 3.56. The molecule has 0 bridgehead atoms. The Kier molecular flexibility index (Phi) is 2.22. The smallest absolute Gasteiger partial charge is 0.255 e. The van der Waals surface area contributed by atoms with E-state index in [2.05, 4.69) is 4.31 Å². The van der Waals surface area contributed by atoms with Crippen LogP contribution in [0.4, 0.5) is 5.69 Å². The molecule has 0 spiro atoms. The summed E-state index contributed by atoms with van der Waals surface area (Å²) < 4.78 is 3.83. The maximum atomic E-state index is 11.6. The van der Waals surface area contributed by atoms with E-state index in [1.807, 2.05) is 30.3 Å². The molecule has 1 aromatic heterocycles. The van der Waals surface area contributed by atoms with Crippen LogP contribution in [0, 0.1) is 0 Å². The highest BCUT2D eigenvalue weighted by Crippen LogP contribution is 2.35. The molecule has 1 saturated heterocycles. The molecule has 16 heavy (non-hydrogen) atoms. The van der Waals surface area contributed by atoms with Gasteiger partial charge in [0.2, 0.25) is 0 Å². The summed E-state index contributed by atoms with van der Waals surface area (Å²) in [7, 11) is 0. The van der Waals surface area contributed by atoms with E-state index in [9.17, 15) is 4.79 Å². The summed E-state index contributed by atoms with van der Waals surface area (Å²) in [5.41, 5.74) is 2.09. The van der Waals surface area contributed by atoms with Gasteiger partial charge in [-0.2, -0.15) is 0 Å². The predicted octanol–water partition coefficient (Wildman–Crippen LogP) is 2.26.